The summed E-state index contributed by atoms with van der Waals surface area (Å²) in [5.41, 5.74) is 0.726. The molecule has 0 bridgehead atoms. The number of hydrogen-bond donors (Lipinski definition) is 0. The molecule has 0 aliphatic carbocycles. The largest absolute Gasteiger partial charge is 0.335 e. The van der Waals surface area contributed by atoms with Gasteiger partial charge in [-0.2, -0.15) is 0 Å². The number of carbonyl (C=O) groups is 1. The number of amides is 1. The normalized spacial score (nSPS) is 10.6. The lowest BCUT2D eigenvalue weighted by Gasteiger charge is -2.26. The van der Waals surface area contributed by atoms with E-state index >= 15 is 0 Å². The SMILES string of the molecule is CC(C)N(CCBr)C(=O)c1cccc(Br)c1. The van der Waals surface area contributed by atoms with Crippen LogP contribution in [0.1, 0.15) is 24.2 Å². The molecule has 1 rings (SSSR count). The van der Waals surface area contributed by atoms with Crippen LogP contribution in [0.3, 0.4) is 0 Å². The van der Waals surface area contributed by atoms with Crippen molar-refractivity contribution in [3.63, 3.8) is 0 Å². The van der Waals surface area contributed by atoms with Gasteiger partial charge in [-0.1, -0.05) is 37.9 Å². The Balaban J connectivity index is 2.90. The number of benzene rings is 1. The molecule has 88 valence electrons. The van der Waals surface area contributed by atoms with Crippen LogP contribution in [0, 0.1) is 0 Å². The molecule has 16 heavy (non-hydrogen) atoms. The van der Waals surface area contributed by atoms with Gasteiger partial charge in [-0.3, -0.25) is 4.79 Å². The fourth-order valence-electron chi connectivity index (χ4n) is 1.47. The molecule has 4 heteroatoms. The molecular weight excluding hydrogens is 334 g/mol. The first-order valence-electron chi connectivity index (χ1n) is 5.18. The number of alkyl halides is 1. The van der Waals surface area contributed by atoms with Crippen LogP contribution < -0.4 is 0 Å². The minimum Gasteiger partial charge on any atom is -0.335 e. The van der Waals surface area contributed by atoms with E-state index in [1.165, 1.54) is 0 Å². The van der Waals surface area contributed by atoms with Gasteiger partial charge in [0.1, 0.15) is 0 Å². The van der Waals surface area contributed by atoms with Crippen molar-refractivity contribution in [2.75, 3.05) is 11.9 Å². The fraction of sp³-hybridized carbons (Fsp3) is 0.417. The third-order valence-corrected chi connectivity index (χ3v) is 3.13. The molecule has 0 N–H and O–H groups in total. The zero-order valence-electron chi connectivity index (χ0n) is 9.41. The van der Waals surface area contributed by atoms with Gasteiger partial charge in [0.25, 0.3) is 5.91 Å². The zero-order chi connectivity index (χ0) is 12.1. The van der Waals surface area contributed by atoms with E-state index in [2.05, 4.69) is 31.9 Å². The molecule has 0 radical (unpaired) electrons. The lowest BCUT2D eigenvalue weighted by atomic mass is 10.2. The Morgan fingerprint density at radius 1 is 1.44 bits per heavy atom. The van der Waals surface area contributed by atoms with Crippen LogP contribution in [-0.4, -0.2) is 28.7 Å². The second-order valence-corrected chi connectivity index (χ2v) is 5.50. The van der Waals surface area contributed by atoms with Crippen LogP contribution in [0.5, 0.6) is 0 Å². The molecule has 0 spiro atoms. The van der Waals surface area contributed by atoms with Crippen molar-refractivity contribution in [1.29, 1.82) is 0 Å². The minimum absolute atomic E-state index is 0.0794. The van der Waals surface area contributed by atoms with Crippen LogP contribution in [0.2, 0.25) is 0 Å². The summed E-state index contributed by atoms with van der Waals surface area (Å²) in [5.74, 6) is 0.0794. The monoisotopic (exact) mass is 347 g/mol. The second kappa shape index (κ2) is 6.40. The molecule has 0 atom stereocenters. The molecule has 0 aromatic heterocycles. The third kappa shape index (κ3) is 3.59. The molecular formula is C12H15Br2NO. The van der Waals surface area contributed by atoms with E-state index in [1.807, 2.05) is 43.0 Å². The summed E-state index contributed by atoms with van der Waals surface area (Å²) in [6.07, 6.45) is 0. The van der Waals surface area contributed by atoms with Crippen LogP contribution in [0.15, 0.2) is 28.7 Å². The zero-order valence-corrected chi connectivity index (χ0v) is 12.6. The van der Waals surface area contributed by atoms with Crippen molar-refractivity contribution in [3.05, 3.63) is 34.3 Å². The van der Waals surface area contributed by atoms with Gasteiger partial charge in [0.2, 0.25) is 0 Å². The van der Waals surface area contributed by atoms with Gasteiger partial charge in [0.05, 0.1) is 0 Å². The predicted octanol–water partition coefficient (Wildman–Crippen LogP) is 3.69. The van der Waals surface area contributed by atoms with Crippen molar-refractivity contribution in [2.24, 2.45) is 0 Å². The molecule has 0 saturated carbocycles. The first-order chi connectivity index (χ1) is 7.56. The van der Waals surface area contributed by atoms with Crippen LogP contribution in [0.4, 0.5) is 0 Å². The van der Waals surface area contributed by atoms with E-state index in [0.29, 0.717) is 0 Å². The highest BCUT2D eigenvalue weighted by molar-refractivity contribution is 9.10. The van der Waals surface area contributed by atoms with Gasteiger partial charge in [0.15, 0.2) is 0 Å². The maximum absolute atomic E-state index is 12.2. The topological polar surface area (TPSA) is 20.3 Å². The Bertz CT molecular complexity index is 366. The lowest BCUT2D eigenvalue weighted by Crippen LogP contribution is -2.38. The third-order valence-electron chi connectivity index (χ3n) is 2.28. The number of nitrogens with zero attached hydrogens (tertiary/aromatic N) is 1. The van der Waals surface area contributed by atoms with Gasteiger partial charge in [0, 0.05) is 28.0 Å². The van der Waals surface area contributed by atoms with E-state index < -0.39 is 0 Å². The van der Waals surface area contributed by atoms with Crippen LogP contribution in [0.25, 0.3) is 0 Å². The van der Waals surface area contributed by atoms with Crippen molar-refractivity contribution >= 4 is 37.8 Å². The summed E-state index contributed by atoms with van der Waals surface area (Å²) >= 11 is 6.75. The fourth-order valence-corrected chi connectivity index (χ4v) is 2.25. The maximum atomic E-state index is 12.2. The highest BCUT2D eigenvalue weighted by atomic mass is 79.9. The minimum atomic E-state index is 0.0794. The van der Waals surface area contributed by atoms with Gasteiger partial charge < -0.3 is 4.90 Å². The first-order valence-corrected chi connectivity index (χ1v) is 7.10. The Labute approximate surface area is 113 Å². The Kier molecular flexibility index (Phi) is 5.49. The summed E-state index contributed by atoms with van der Waals surface area (Å²) in [4.78, 5) is 14.1. The first kappa shape index (κ1) is 13.7. The molecule has 0 fully saturated rings. The molecule has 0 saturated heterocycles. The number of hydrogen-bond acceptors (Lipinski definition) is 1. The van der Waals surface area contributed by atoms with Crippen molar-refractivity contribution in [1.82, 2.24) is 4.90 Å². The quantitative estimate of drug-likeness (QED) is 0.760. The average Bonchev–Trinajstić information content (AvgIpc) is 2.24. The predicted molar refractivity (Wildman–Crippen MR) is 74.1 cm³/mol. The summed E-state index contributed by atoms with van der Waals surface area (Å²) in [5, 5.41) is 0.797. The second-order valence-electron chi connectivity index (χ2n) is 3.79. The molecule has 0 aliphatic rings. The van der Waals surface area contributed by atoms with Crippen LogP contribution in [-0.2, 0) is 0 Å². The van der Waals surface area contributed by atoms with Gasteiger partial charge >= 0.3 is 0 Å². The molecule has 0 unspecified atom stereocenters. The van der Waals surface area contributed by atoms with Crippen molar-refractivity contribution in [3.8, 4) is 0 Å². The number of rotatable bonds is 4. The summed E-state index contributed by atoms with van der Waals surface area (Å²) in [6.45, 7) is 4.78. The standard InChI is InChI=1S/C12H15Br2NO/c1-9(2)15(7-6-13)12(16)10-4-3-5-11(14)8-10/h3-5,8-9H,6-7H2,1-2H3. The average molecular weight is 349 g/mol. The van der Waals surface area contributed by atoms with Gasteiger partial charge in [-0.25, -0.2) is 0 Å². The summed E-state index contributed by atoms with van der Waals surface area (Å²) in [7, 11) is 0. The van der Waals surface area contributed by atoms with Crippen LogP contribution >= 0.6 is 31.9 Å². The highest BCUT2D eigenvalue weighted by Gasteiger charge is 2.17. The van der Waals surface area contributed by atoms with Crippen molar-refractivity contribution < 1.29 is 4.79 Å². The Morgan fingerprint density at radius 2 is 2.12 bits per heavy atom. The van der Waals surface area contributed by atoms with Crippen molar-refractivity contribution in [2.45, 2.75) is 19.9 Å². The smallest absolute Gasteiger partial charge is 0.254 e. The maximum Gasteiger partial charge on any atom is 0.254 e. The number of halogens is 2. The number of carbonyl (C=O) groups excluding carboxylic acids is 1. The van der Waals surface area contributed by atoms with Gasteiger partial charge in [-0.05, 0) is 32.0 Å². The lowest BCUT2D eigenvalue weighted by molar-refractivity contribution is 0.0719. The summed E-state index contributed by atoms with van der Waals surface area (Å²) < 4.78 is 0.931. The molecule has 1 aromatic rings. The highest BCUT2D eigenvalue weighted by Crippen LogP contribution is 2.15. The Hall–Kier alpha value is -0.350. The van der Waals surface area contributed by atoms with E-state index in [0.717, 1.165) is 21.9 Å². The Morgan fingerprint density at radius 3 is 2.62 bits per heavy atom. The molecule has 0 heterocycles. The molecule has 1 amide bonds. The van der Waals surface area contributed by atoms with E-state index in [-0.39, 0.29) is 11.9 Å². The van der Waals surface area contributed by atoms with E-state index in [9.17, 15) is 4.79 Å². The van der Waals surface area contributed by atoms with Gasteiger partial charge in [-0.15, -0.1) is 0 Å². The molecule has 1 aromatic carbocycles. The molecule has 2 nitrogen and oxygen atoms in total. The summed E-state index contributed by atoms with van der Waals surface area (Å²) in [6, 6.07) is 7.71. The van der Waals surface area contributed by atoms with E-state index in [1.54, 1.807) is 0 Å². The van der Waals surface area contributed by atoms with E-state index in [4.69, 9.17) is 0 Å². The molecule has 0 aliphatic heterocycles.